The summed E-state index contributed by atoms with van der Waals surface area (Å²) in [5.74, 6) is -0.368. The van der Waals surface area contributed by atoms with Crippen molar-refractivity contribution < 1.29 is 44.4 Å². The van der Waals surface area contributed by atoms with Crippen LogP contribution < -0.4 is 34.7 Å². The molecule has 84 valence electrons. The predicted octanol–water partition coefficient (Wildman–Crippen LogP) is -2.79. The van der Waals surface area contributed by atoms with Crippen LogP contribution in [0.2, 0.25) is 0 Å². The molecule has 2 fully saturated rings. The average Bonchev–Trinajstić information content (AvgIpc) is 2.44. The number of hydrogen-bond acceptors (Lipinski definition) is 4. The van der Waals surface area contributed by atoms with Crippen LogP contribution in [0.15, 0.2) is 0 Å². The number of aliphatic carboxylic acids is 1. The SMILES string of the molecule is O=C([O-])C[C@@]1(C[N+](=O)[O-])C[C@H]2CCC[C@H]21.[Na+]. The monoisotopic (exact) mass is 235 g/mol. The molecule has 2 aliphatic rings. The number of rotatable bonds is 4. The number of carbonyl (C=O) groups is 1. The van der Waals surface area contributed by atoms with Gasteiger partial charge in [-0.25, -0.2) is 0 Å². The topological polar surface area (TPSA) is 83.3 Å². The molecule has 2 aliphatic carbocycles. The van der Waals surface area contributed by atoms with Crippen LogP contribution in [0.4, 0.5) is 0 Å². The summed E-state index contributed by atoms with van der Waals surface area (Å²) in [6.45, 7) is -0.206. The third-order valence-corrected chi connectivity index (χ3v) is 4.05. The number of hydrogen-bond donors (Lipinski definition) is 0. The minimum atomic E-state index is -1.15. The van der Waals surface area contributed by atoms with E-state index < -0.39 is 11.4 Å². The van der Waals surface area contributed by atoms with Crippen LogP contribution in [-0.2, 0) is 4.79 Å². The Hall–Kier alpha value is -0.130. The van der Waals surface area contributed by atoms with Crippen molar-refractivity contribution in [3.05, 3.63) is 10.1 Å². The summed E-state index contributed by atoms with van der Waals surface area (Å²) >= 11 is 0. The fourth-order valence-electron chi connectivity index (χ4n) is 3.59. The first-order chi connectivity index (χ1) is 7.03. The van der Waals surface area contributed by atoms with E-state index >= 15 is 0 Å². The molecule has 6 heteroatoms. The van der Waals surface area contributed by atoms with Crippen LogP contribution >= 0.6 is 0 Å². The Bertz CT molecular complexity index is 291. The van der Waals surface area contributed by atoms with Gasteiger partial charge in [0.2, 0.25) is 6.54 Å². The molecule has 5 nitrogen and oxygen atoms in total. The minimum absolute atomic E-state index is 0. The zero-order valence-corrected chi connectivity index (χ0v) is 11.5. The van der Waals surface area contributed by atoms with Crippen molar-refractivity contribution in [2.24, 2.45) is 17.3 Å². The van der Waals surface area contributed by atoms with Gasteiger partial charge in [0.25, 0.3) is 0 Å². The molecule has 2 saturated carbocycles. The Morgan fingerprint density at radius 3 is 2.62 bits per heavy atom. The number of nitrogens with zero attached hydrogens (tertiary/aromatic N) is 1. The Kier molecular flexibility index (Phi) is 4.37. The van der Waals surface area contributed by atoms with Crippen molar-refractivity contribution >= 4 is 5.97 Å². The largest absolute Gasteiger partial charge is 1.00 e. The van der Waals surface area contributed by atoms with Gasteiger partial charge in [-0.3, -0.25) is 10.1 Å². The van der Waals surface area contributed by atoms with Gasteiger partial charge in [-0.05, 0) is 31.1 Å². The molecule has 0 aromatic rings. The van der Waals surface area contributed by atoms with Crippen molar-refractivity contribution in [1.82, 2.24) is 0 Å². The molecule has 0 heterocycles. The van der Waals surface area contributed by atoms with E-state index in [0.717, 1.165) is 19.3 Å². The van der Waals surface area contributed by atoms with Crippen LogP contribution in [-0.4, -0.2) is 17.4 Å². The molecule has 3 atom stereocenters. The van der Waals surface area contributed by atoms with Crippen molar-refractivity contribution in [3.8, 4) is 0 Å². The summed E-state index contributed by atoms with van der Waals surface area (Å²) in [6, 6.07) is 0. The van der Waals surface area contributed by atoms with Crippen molar-refractivity contribution in [1.29, 1.82) is 0 Å². The zero-order valence-electron chi connectivity index (χ0n) is 9.48. The molecule has 0 aliphatic heterocycles. The smallest absolute Gasteiger partial charge is 0.550 e. The van der Waals surface area contributed by atoms with Crippen molar-refractivity contribution in [3.63, 3.8) is 0 Å². The molecule has 2 rings (SSSR count). The van der Waals surface area contributed by atoms with E-state index in [-0.39, 0.29) is 53.4 Å². The number of carboxylic acids is 1. The molecular formula is C10H14NNaO4. The number of carboxylic acid groups (broad SMARTS) is 1. The second-order valence-corrected chi connectivity index (χ2v) is 4.90. The summed E-state index contributed by atoms with van der Waals surface area (Å²) in [5.41, 5.74) is -0.594. The van der Waals surface area contributed by atoms with Crippen LogP contribution in [0.3, 0.4) is 0 Å². The zero-order chi connectivity index (χ0) is 11.1. The molecular weight excluding hydrogens is 221 g/mol. The first-order valence-electron chi connectivity index (χ1n) is 5.35. The summed E-state index contributed by atoms with van der Waals surface area (Å²) < 4.78 is 0. The van der Waals surface area contributed by atoms with Crippen LogP contribution in [0, 0.1) is 27.4 Å². The predicted molar refractivity (Wildman–Crippen MR) is 49.4 cm³/mol. The third-order valence-electron chi connectivity index (χ3n) is 4.05. The Balaban J connectivity index is 0.00000128. The summed E-state index contributed by atoms with van der Waals surface area (Å²) in [4.78, 5) is 20.8. The van der Waals surface area contributed by atoms with Gasteiger partial charge in [0.1, 0.15) is 0 Å². The average molecular weight is 235 g/mol. The number of carbonyl (C=O) groups excluding carboxylic acids is 1. The number of fused-ring (bicyclic) bond motifs is 1. The van der Waals surface area contributed by atoms with Gasteiger partial charge in [0, 0.05) is 16.3 Å². The quantitative estimate of drug-likeness (QED) is 0.299. The Morgan fingerprint density at radius 2 is 2.12 bits per heavy atom. The summed E-state index contributed by atoms with van der Waals surface area (Å²) in [5, 5.41) is 21.2. The summed E-state index contributed by atoms with van der Waals surface area (Å²) in [7, 11) is 0. The normalized spacial score (nSPS) is 35.8. The molecule has 0 aromatic heterocycles. The molecule has 0 saturated heterocycles. The van der Waals surface area contributed by atoms with E-state index in [1.165, 1.54) is 0 Å². The van der Waals surface area contributed by atoms with E-state index in [4.69, 9.17) is 0 Å². The first-order valence-corrected chi connectivity index (χ1v) is 5.35. The molecule has 0 bridgehead atoms. The fourth-order valence-corrected chi connectivity index (χ4v) is 3.59. The van der Waals surface area contributed by atoms with Crippen molar-refractivity contribution in [2.45, 2.75) is 32.1 Å². The molecule has 0 amide bonds. The van der Waals surface area contributed by atoms with Crippen LogP contribution in [0.25, 0.3) is 0 Å². The van der Waals surface area contributed by atoms with Crippen LogP contribution in [0.1, 0.15) is 32.1 Å². The van der Waals surface area contributed by atoms with Crippen LogP contribution in [0.5, 0.6) is 0 Å². The maximum Gasteiger partial charge on any atom is 1.00 e. The van der Waals surface area contributed by atoms with Gasteiger partial charge in [0.05, 0.1) is 0 Å². The fraction of sp³-hybridized carbons (Fsp3) is 0.900. The van der Waals surface area contributed by atoms with Gasteiger partial charge in [0.15, 0.2) is 0 Å². The molecule has 16 heavy (non-hydrogen) atoms. The number of nitro groups is 1. The van der Waals surface area contributed by atoms with E-state index in [1.54, 1.807) is 0 Å². The Labute approximate surface area is 116 Å². The van der Waals surface area contributed by atoms with Gasteiger partial charge < -0.3 is 9.90 Å². The second-order valence-electron chi connectivity index (χ2n) is 4.90. The van der Waals surface area contributed by atoms with Gasteiger partial charge >= 0.3 is 29.6 Å². The Morgan fingerprint density at radius 1 is 1.44 bits per heavy atom. The van der Waals surface area contributed by atoms with Crippen molar-refractivity contribution in [2.75, 3.05) is 6.54 Å². The molecule has 0 N–H and O–H groups in total. The van der Waals surface area contributed by atoms with Gasteiger partial charge in [-0.2, -0.15) is 0 Å². The minimum Gasteiger partial charge on any atom is -0.550 e. The first kappa shape index (κ1) is 13.9. The van der Waals surface area contributed by atoms with E-state index in [1.807, 2.05) is 0 Å². The molecule has 0 aromatic carbocycles. The van der Waals surface area contributed by atoms with E-state index in [2.05, 4.69) is 0 Å². The third kappa shape index (κ3) is 2.41. The molecule has 0 unspecified atom stereocenters. The molecule has 0 spiro atoms. The van der Waals surface area contributed by atoms with Gasteiger partial charge in [-0.15, -0.1) is 0 Å². The second kappa shape index (κ2) is 5.02. The molecule has 0 radical (unpaired) electrons. The van der Waals surface area contributed by atoms with Gasteiger partial charge in [-0.1, -0.05) is 12.8 Å². The maximum atomic E-state index is 10.6. The summed E-state index contributed by atoms with van der Waals surface area (Å²) in [6.07, 6.45) is 3.70. The maximum absolute atomic E-state index is 10.6. The standard InChI is InChI=1S/C10H15NO4.Na/c12-9(13)5-10(6-11(14)15)4-7-2-1-3-8(7)10;/h7-8H,1-6H2,(H,12,13);/q;+1/p-1/t7-,8-,10-;/m1./s1. The van der Waals surface area contributed by atoms with E-state index in [9.17, 15) is 20.0 Å². The van der Waals surface area contributed by atoms with E-state index in [0.29, 0.717) is 12.3 Å².